The molecule has 2 nitrogen and oxygen atoms in total. The van der Waals surface area contributed by atoms with Crippen molar-refractivity contribution < 1.29 is 13.7 Å². The summed E-state index contributed by atoms with van der Waals surface area (Å²) in [7, 11) is -0.371. The molecular formula is C16H20BFO2. The monoisotopic (exact) mass is 274 g/mol. The Bertz CT molecular complexity index is 562. The topological polar surface area (TPSA) is 18.5 Å². The van der Waals surface area contributed by atoms with Gasteiger partial charge in [0.05, 0.1) is 11.2 Å². The smallest absolute Gasteiger partial charge is 0.399 e. The summed E-state index contributed by atoms with van der Waals surface area (Å²) >= 11 is 0. The highest BCUT2D eigenvalue weighted by Crippen LogP contribution is 2.42. The molecule has 2 aliphatic rings. The summed E-state index contributed by atoms with van der Waals surface area (Å²) < 4.78 is 25.6. The molecule has 0 atom stereocenters. The second-order valence-electron chi connectivity index (χ2n) is 6.59. The third-order valence-corrected chi connectivity index (χ3v) is 4.66. The molecule has 4 heteroatoms. The van der Waals surface area contributed by atoms with Crippen LogP contribution in [0, 0.1) is 5.82 Å². The first-order valence-corrected chi connectivity index (χ1v) is 7.15. The predicted octanol–water partition coefficient (Wildman–Crippen LogP) is 3.79. The van der Waals surface area contributed by atoms with E-state index in [1.54, 1.807) is 6.07 Å². The van der Waals surface area contributed by atoms with Crippen molar-refractivity contribution in [1.82, 2.24) is 0 Å². The molecule has 0 aromatic heterocycles. The predicted molar refractivity (Wildman–Crippen MR) is 78.8 cm³/mol. The summed E-state index contributed by atoms with van der Waals surface area (Å²) in [4.78, 5) is 0. The van der Waals surface area contributed by atoms with Gasteiger partial charge in [-0.25, -0.2) is 4.39 Å². The van der Waals surface area contributed by atoms with Crippen LogP contribution in [-0.2, 0) is 15.7 Å². The molecule has 1 aliphatic heterocycles. The third-order valence-electron chi connectivity index (χ3n) is 4.66. The van der Waals surface area contributed by atoms with E-state index in [0.717, 1.165) is 29.4 Å². The number of hydrogen-bond donors (Lipinski definition) is 0. The van der Waals surface area contributed by atoms with Crippen LogP contribution in [0.25, 0.3) is 5.47 Å². The van der Waals surface area contributed by atoms with Crippen molar-refractivity contribution in [3.63, 3.8) is 0 Å². The lowest BCUT2D eigenvalue weighted by Crippen LogP contribution is -2.41. The zero-order chi connectivity index (χ0) is 14.5. The summed E-state index contributed by atoms with van der Waals surface area (Å²) in [6.45, 7) is 8.17. The second-order valence-corrected chi connectivity index (χ2v) is 6.59. The Kier molecular flexibility index (Phi) is 3.07. The Morgan fingerprint density at radius 3 is 2.40 bits per heavy atom. The fourth-order valence-corrected chi connectivity index (χ4v) is 2.74. The maximum absolute atomic E-state index is 13.4. The first-order chi connectivity index (χ1) is 9.30. The molecule has 20 heavy (non-hydrogen) atoms. The minimum absolute atomic E-state index is 0.182. The number of hydrogen-bond acceptors (Lipinski definition) is 2. The molecule has 1 aliphatic carbocycles. The lowest BCUT2D eigenvalue weighted by molar-refractivity contribution is 0.00578. The average Bonchev–Trinajstić information content (AvgIpc) is 2.57. The summed E-state index contributed by atoms with van der Waals surface area (Å²) in [5.74, 6) is -0.182. The van der Waals surface area contributed by atoms with E-state index in [1.165, 1.54) is 6.07 Å². The molecule has 1 fully saturated rings. The van der Waals surface area contributed by atoms with Gasteiger partial charge in [-0.2, -0.15) is 0 Å². The van der Waals surface area contributed by atoms with Gasteiger partial charge in [-0.05, 0) is 69.3 Å². The van der Waals surface area contributed by atoms with E-state index >= 15 is 0 Å². The molecule has 3 rings (SSSR count). The van der Waals surface area contributed by atoms with E-state index in [0.29, 0.717) is 0 Å². The Morgan fingerprint density at radius 2 is 1.75 bits per heavy atom. The summed E-state index contributed by atoms with van der Waals surface area (Å²) in [5.41, 5.74) is 2.42. The van der Waals surface area contributed by atoms with E-state index in [4.69, 9.17) is 9.31 Å². The second kappa shape index (κ2) is 4.44. The fourth-order valence-electron chi connectivity index (χ4n) is 2.74. The van der Waals surface area contributed by atoms with Crippen molar-refractivity contribution in [3.8, 4) is 0 Å². The number of benzene rings is 1. The van der Waals surface area contributed by atoms with Crippen LogP contribution in [0.4, 0.5) is 4.39 Å². The zero-order valence-corrected chi connectivity index (χ0v) is 12.5. The summed E-state index contributed by atoms with van der Waals surface area (Å²) in [6, 6.07) is 4.96. The van der Waals surface area contributed by atoms with E-state index < -0.39 is 0 Å². The van der Waals surface area contributed by atoms with Crippen molar-refractivity contribution in [2.75, 3.05) is 0 Å². The van der Waals surface area contributed by atoms with Gasteiger partial charge in [0.25, 0.3) is 0 Å². The van der Waals surface area contributed by atoms with Crippen LogP contribution in [0.1, 0.15) is 45.2 Å². The van der Waals surface area contributed by atoms with E-state index in [9.17, 15) is 4.39 Å². The fraction of sp³-hybridized carbons (Fsp3) is 0.500. The maximum atomic E-state index is 13.4. The molecular weight excluding hydrogens is 254 g/mol. The average molecular weight is 274 g/mol. The molecule has 106 valence electrons. The highest BCUT2D eigenvalue weighted by atomic mass is 19.1. The summed E-state index contributed by atoms with van der Waals surface area (Å²) in [5, 5.41) is 0. The quantitative estimate of drug-likeness (QED) is 0.725. The molecule has 1 heterocycles. The Hall–Kier alpha value is -1.13. The molecule has 0 radical (unpaired) electrons. The van der Waals surface area contributed by atoms with Gasteiger partial charge in [-0.3, -0.25) is 0 Å². The molecule has 0 spiro atoms. The molecule has 0 bridgehead atoms. The summed E-state index contributed by atoms with van der Waals surface area (Å²) in [6.07, 6.45) is 3.92. The van der Waals surface area contributed by atoms with Crippen LogP contribution >= 0.6 is 0 Å². The van der Waals surface area contributed by atoms with Gasteiger partial charge in [-0.15, -0.1) is 0 Å². The first kappa shape index (κ1) is 13.8. The first-order valence-electron chi connectivity index (χ1n) is 7.15. The van der Waals surface area contributed by atoms with Crippen molar-refractivity contribution >= 4 is 12.6 Å². The third kappa shape index (κ3) is 2.11. The van der Waals surface area contributed by atoms with Crippen molar-refractivity contribution in [2.45, 2.75) is 51.7 Å². The maximum Gasteiger partial charge on any atom is 0.495 e. The van der Waals surface area contributed by atoms with Crippen LogP contribution in [0.15, 0.2) is 24.3 Å². The van der Waals surface area contributed by atoms with E-state index in [1.807, 2.05) is 33.8 Å². The Balaban J connectivity index is 1.96. The van der Waals surface area contributed by atoms with Gasteiger partial charge in [0.15, 0.2) is 0 Å². The zero-order valence-electron chi connectivity index (χ0n) is 12.5. The minimum atomic E-state index is -0.371. The van der Waals surface area contributed by atoms with Crippen LogP contribution in [0.3, 0.4) is 0 Å². The van der Waals surface area contributed by atoms with Crippen LogP contribution in [0.5, 0.6) is 0 Å². The van der Waals surface area contributed by atoms with Gasteiger partial charge in [0.2, 0.25) is 0 Å². The number of aryl methyl sites for hydroxylation is 1. The lowest BCUT2D eigenvalue weighted by atomic mass is 9.70. The molecule has 0 N–H and O–H groups in total. The Morgan fingerprint density at radius 1 is 1.10 bits per heavy atom. The van der Waals surface area contributed by atoms with Crippen LogP contribution < -0.4 is 0 Å². The molecule has 1 saturated heterocycles. The number of halogens is 1. The van der Waals surface area contributed by atoms with Gasteiger partial charge in [-0.1, -0.05) is 12.1 Å². The van der Waals surface area contributed by atoms with Gasteiger partial charge in [0, 0.05) is 0 Å². The van der Waals surface area contributed by atoms with Gasteiger partial charge < -0.3 is 9.31 Å². The normalized spacial score (nSPS) is 23.4. The number of allylic oxidation sites excluding steroid dienone is 1. The molecule has 0 amide bonds. The SMILES string of the molecule is CC1(C)OB(C2=CCCc3cc(F)ccc32)OC1(C)C. The van der Waals surface area contributed by atoms with E-state index in [2.05, 4.69) is 6.08 Å². The van der Waals surface area contributed by atoms with Gasteiger partial charge >= 0.3 is 7.12 Å². The highest BCUT2D eigenvalue weighted by molar-refractivity contribution is 6.69. The largest absolute Gasteiger partial charge is 0.495 e. The highest BCUT2D eigenvalue weighted by Gasteiger charge is 2.52. The number of rotatable bonds is 1. The lowest BCUT2D eigenvalue weighted by Gasteiger charge is -2.32. The van der Waals surface area contributed by atoms with Crippen LogP contribution in [0.2, 0.25) is 0 Å². The van der Waals surface area contributed by atoms with Crippen molar-refractivity contribution in [1.29, 1.82) is 0 Å². The standard InChI is InChI=1S/C16H20BFO2/c1-15(2)16(3,4)20-17(19-15)14-7-5-6-11-10-12(18)8-9-13(11)14/h7-10H,5-6H2,1-4H3. The Labute approximate surface area is 120 Å². The number of fused-ring (bicyclic) bond motifs is 1. The molecule has 0 unspecified atom stereocenters. The molecule has 0 saturated carbocycles. The van der Waals surface area contributed by atoms with Crippen LogP contribution in [-0.4, -0.2) is 18.3 Å². The molecule has 1 aromatic rings. The van der Waals surface area contributed by atoms with Crippen molar-refractivity contribution in [2.24, 2.45) is 0 Å². The van der Waals surface area contributed by atoms with Crippen molar-refractivity contribution in [3.05, 3.63) is 41.2 Å². The van der Waals surface area contributed by atoms with Gasteiger partial charge in [0.1, 0.15) is 5.82 Å². The molecule has 1 aromatic carbocycles. The minimum Gasteiger partial charge on any atom is -0.399 e. The van der Waals surface area contributed by atoms with E-state index in [-0.39, 0.29) is 24.1 Å².